The lowest BCUT2D eigenvalue weighted by atomic mass is 10.2. The van der Waals surface area contributed by atoms with Crippen LogP contribution in [0.25, 0.3) is 0 Å². The van der Waals surface area contributed by atoms with Crippen molar-refractivity contribution < 1.29 is 27.4 Å². The van der Waals surface area contributed by atoms with Crippen LogP contribution in [0.4, 0.5) is 4.39 Å². The Morgan fingerprint density at radius 2 is 2.11 bits per heavy atom. The molecule has 0 atom stereocenters. The first-order chi connectivity index (χ1) is 8.38. The van der Waals surface area contributed by atoms with Gasteiger partial charge in [-0.25, -0.2) is 17.6 Å². The molecule has 0 amide bonds. The highest BCUT2D eigenvalue weighted by atomic mass is 32.2. The van der Waals surface area contributed by atoms with Gasteiger partial charge in [-0.3, -0.25) is 0 Å². The summed E-state index contributed by atoms with van der Waals surface area (Å²) in [5.41, 5.74) is -0.289. The SMILES string of the molecule is COCCCS(=O)(=O)c1ccc(C(=O)O)cc1F. The molecule has 0 radical (unpaired) electrons. The minimum atomic E-state index is -3.75. The van der Waals surface area contributed by atoms with Crippen LogP contribution in [0.3, 0.4) is 0 Å². The van der Waals surface area contributed by atoms with Crippen molar-refractivity contribution in [2.75, 3.05) is 19.5 Å². The molecular weight excluding hydrogens is 263 g/mol. The lowest BCUT2D eigenvalue weighted by molar-refractivity contribution is 0.0696. The number of halogens is 1. The third-order valence-corrected chi connectivity index (χ3v) is 4.10. The van der Waals surface area contributed by atoms with Crippen LogP contribution in [0.1, 0.15) is 16.8 Å². The van der Waals surface area contributed by atoms with Crippen molar-refractivity contribution in [3.63, 3.8) is 0 Å². The zero-order valence-corrected chi connectivity index (χ0v) is 10.5. The van der Waals surface area contributed by atoms with E-state index in [-0.39, 0.29) is 24.3 Å². The van der Waals surface area contributed by atoms with Crippen LogP contribution in [0.15, 0.2) is 23.1 Å². The molecule has 0 saturated heterocycles. The number of rotatable bonds is 6. The summed E-state index contributed by atoms with van der Waals surface area (Å²) in [6, 6.07) is 2.74. The number of ether oxygens (including phenoxy) is 1. The molecule has 0 bridgehead atoms. The highest BCUT2D eigenvalue weighted by molar-refractivity contribution is 7.91. The average Bonchev–Trinajstić information content (AvgIpc) is 2.28. The smallest absolute Gasteiger partial charge is 0.335 e. The number of methoxy groups -OCH3 is 1. The molecule has 0 unspecified atom stereocenters. The molecule has 18 heavy (non-hydrogen) atoms. The van der Waals surface area contributed by atoms with E-state index in [9.17, 15) is 17.6 Å². The van der Waals surface area contributed by atoms with Gasteiger partial charge in [-0.2, -0.15) is 0 Å². The number of hydrogen-bond acceptors (Lipinski definition) is 4. The Kier molecular flexibility index (Phi) is 4.80. The highest BCUT2D eigenvalue weighted by Gasteiger charge is 2.20. The van der Waals surface area contributed by atoms with Crippen LogP contribution < -0.4 is 0 Å². The van der Waals surface area contributed by atoms with Crippen molar-refractivity contribution in [1.29, 1.82) is 0 Å². The first-order valence-electron chi connectivity index (χ1n) is 5.13. The minimum absolute atomic E-state index is 0.246. The number of sulfone groups is 1. The number of hydrogen-bond donors (Lipinski definition) is 1. The molecule has 0 aliphatic rings. The van der Waals surface area contributed by atoms with Gasteiger partial charge in [0.15, 0.2) is 9.84 Å². The topological polar surface area (TPSA) is 80.7 Å². The van der Waals surface area contributed by atoms with Crippen LogP contribution in [-0.2, 0) is 14.6 Å². The van der Waals surface area contributed by atoms with E-state index >= 15 is 0 Å². The van der Waals surface area contributed by atoms with E-state index in [1.54, 1.807) is 0 Å². The summed E-state index contributed by atoms with van der Waals surface area (Å²) < 4.78 is 41.8. The highest BCUT2D eigenvalue weighted by Crippen LogP contribution is 2.18. The van der Waals surface area contributed by atoms with Crippen molar-refractivity contribution in [3.8, 4) is 0 Å². The van der Waals surface area contributed by atoms with Crippen molar-refractivity contribution >= 4 is 15.8 Å². The molecule has 0 aromatic heterocycles. The zero-order chi connectivity index (χ0) is 13.8. The van der Waals surface area contributed by atoms with Gasteiger partial charge in [0.25, 0.3) is 0 Å². The minimum Gasteiger partial charge on any atom is -0.478 e. The summed E-state index contributed by atoms with van der Waals surface area (Å²) in [5, 5.41) is 8.64. The van der Waals surface area contributed by atoms with Gasteiger partial charge in [0.05, 0.1) is 11.3 Å². The fourth-order valence-corrected chi connectivity index (χ4v) is 2.74. The van der Waals surface area contributed by atoms with Gasteiger partial charge in [0.1, 0.15) is 10.7 Å². The number of aromatic carboxylic acids is 1. The van der Waals surface area contributed by atoms with Gasteiger partial charge in [-0.05, 0) is 24.6 Å². The van der Waals surface area contributed by atoms with Crippen molar-refractivity contribution in [2.24, 2.45) is 0 Å². The lowest BCUT2D eigenvalue weighted by Crippen LogP contribution is -2.11. The third kappa shape index (κ3) is 3.51. The van der Waals surface area contributed by atoms with E-state index in [4.69, 9.17) is 9.84 Å². The van der Waals surface area contributed by atoms with Crippen LogP contribution in [0.5, 0.6) is 0 Å². The van der Waals surface area contributed by atoms with Gasteiger partial charge >= 0.3 is 5.97 Å². The average molecular weight is 276 g/mol. The summed E-state index contributed by atoms with van der Waals surface area (Å²) in [7, 11) is -2.31. The summed E-state index contributed by atoms with van der Waals surface area (Å²) in [5.74, 6) is -2.60. The van der Waals surface area contributed by atoms with Crippen LogP contribution in [0.2, 0.25) is 0 Å². The second-order valence-electron chi connectivity index (χ2n) is 3.62. The second-order valence-corrected chi connectivity index (χ2v) is 5.69. The molecule has 0 aliphatic heterocycles. The van der Waals surface area contributed by atoms with Crippen LogP contribution in [0, 0.1) is 5.82 Å². The van der Waals surface area contributed by atoms with Gasteiger partial charge in [-0.15, -0.1) is 0 Å². The Hall–Kier alpha value is -1.47. The monoisotopic (exact) mass is 276 g/mol. The second kappa shape index (κ2) is 5.92. The lowest BCUT2D eigenvalue weighted by Gasteiger charge is -2.06. The first kappa shape index (κ1) is 14.6. The molecule has 1 N–H and O–H groups in total. The fraction of sp³-hybridized carbons (Fsp3) is 0.364. The molecule has 0 aliphatic carbocycles. The number of benzene rings is 1. The Morgan fingerprint density at radius 1 is 1.44 bits per heavy atom. The predicted octanol–water partition coefficient (Wildman–Crippen LogP) is 1.33. The predicted molar refractivity (Wildman–Crippen MR) is 61.9 cm³/mol. The van der Waals surface area contributed by atoms with E-state index in [1.165, 1.54) is 7.11 Å². The van der Waals surface area contributed by atoms with Gasteiger partial charge in [0.2, 0.25) is 0 Å². The van der Waals surface area contributed by atoms with E-state index in [2.05, 4.69) is 0 Å². The first-order valence-corrected chi connectivity index (χ1v) is 6.78. The summed E-state index contributed by atoms with van der Waals surface area (Å²) in [4.78, 5) is 10.1. The van der Waals surface area contributed by atoms with Crippen molar-refractivity contribution in [3.05, 3.63) is 29.6 Å². The molecule has 1 aromatic carbocycles. The zero-order valence-electron chi connectivity index (χ0n) is 9.72. The van der Waals surface area contributed by atoms with E-state index in [1.807, 2.05) is 0 Å². The largest absolute Gasteiger partial charge is 0.478 e. The number of carbonyl (C=O) groups is 1. The molecule has 7 heteroatoms. The quantitative estimate of drug-likeness (QED) is 0.793. The Balaban J connectivity index is 2.99. The van der Waals surface area contributed by atoms with Crippen LogP contribution in [-0.4, -0.2) is 39.0 Å². The maximum absolute atomic E-state index is 13.5. The van der Waals surface area contributed by atoms with E-state index in [0.29, 0.717) is 6.07 Å². The van der Waals surface area contributed by atoms with Gasteiger partial charge in [-0.1, -0.05) is 0 Å². The molecule has 1 rings (SSSR count). The van der Waals surface area contributed by atoms with Crippen molar-refractivity contribution in [1.82, 2.24) is 0 Å². The number of carboxylic acid groups (broad SMARTS) is 1. The van der Waals surface area contributed by atoms with Crippen molar-refractivity contribution in [2.45, 2.75) is 11.3 Å². The Bertz CT molecular complexity index is 538. The summed E-state index contributed by atoms with van der Waals surface area (Å²) >= 11 is 0. The standard InChI is InChI=1S/C11H13FO5S/c1-17-5-2-6-18(15,16)10-4-3-8(11(13)14)7-9(10)12/h3-4,7H,2,5-6H2,1H3,(H,13,14). The van der Waals surface area contributed by atoms with Crippen LogP contribution >= 0.6 is 0 Å². The molecule has 0 heterocycles. The van der Waals surface area contributed by atoms with Gasteiger partial charge in [0, 0.05) is 13.7 Å². The molecule has 0 saturated carbocycles. The molecule has 0 fully saturated rings. The van der Waals surface area contributed by atoms with E-state index in [0.717, 1.165) is 12.1 Å². The van der Waals surface area contributed by atoms with E-state index < -0.39 is 26.5 Å². The summed E-state index contributed by atoms with van der Waals surface area (Å²) in [6.07, 6.45) is 0.249. The maximum Gasteiger partial charge on any atom is 0.335 e. The summed E-state index contributed by atoms with van der Waals surface area (Å²) in [6.45, 7) is 0.258. The molecular formula is C11H13FO5S. The molecule has 5 nitrogen and oxygen atoms in total. The maximum atomic E-state index is 13.5. The Morgan fingerprint density at radius 3 is 2.61 bits per heavy atom. The molecule has 0 spiro atoms. The molecule has 100 valence electrons. The number of carboxylic acids is 1. The fourth-order valence-electron chi connectivity index (χ4n) is 1.39. The normalized spacial score (nSPS) is 11.4. The Labute approximate surface area is 104 Å². The third-order valence-electron chi connectivity index (χ3n) is 2.28. The molecule has 1 aromatic rings. The van der Waals surface area contributed by atoms with Gasteiger partial charge < -0.3 is 9.84 Å².